The Kier molecular flexibility index (Phi) is 5.03. The predicted molar refractivity (Wildman–Crippen MR) is 106 cm³/mol. The van der Waals surface area contributed by atoms with Crippen molar-refractivity contribution in [2.45, 2.75) is 44.8 Å². The van der Waals surface area contributed by atoms with E-state index in [0.29, 0.717) is 35.1 Å². The van der Waals surface area contributed by atoms with Gasteiger partial charge in [0.15, 0.2) is 23.0 Å². The Morgan fingerprint density at radius 1 is 1.04 bits per heavy atom. The van der Waals surface area contributed by atoms with Gasteiger partial charge in [-0.25, -0.2) is 0 Å². The number of anilines is 1. The normalized spacial score (nSPS) is 16.6. The fourth-order valence-electron chi connectivity index (χ4n) is 3.75. The Labute approximate surface area is 164 Å². The topological polar surface area (TPSA) is 66.0 Å². The van der Waals surface area contributed by atoms with Gasteiger partial charge in [0.1, 0.15) is 0 Å². The summed E-state index contributed by atoms with van der Waals surface area (Å²) in [6.45, 7) is 2.43. The molecule has 1 spiro atoms. The lowest BCUT2D eigenvalue weighted by Crippen LogP contribution is -2.40. The van der Waals surface area contributed by atoms with Crippen molar-refractivity contribution in [1.82, 2.24) is 0 Å². The zero-order valence-corrected chi connectivity index (χ0v) is 16.2. The number of fused-ring (bicyclic) bond motifs is 1. The van der Waals surface area contributed by atoms with Gasteiger partial charge in [-0.2, -0.15) is 0 Å². The van der Waals surface area contributed by atoms with E-state index in [9.17, 15) is 4.79 Å². The molecule has 2 aliphatic rings. The summed E-state index contributed by atoms with van der Waals surface area (Å²) in [6, 6.07) is 10.6. The van der Waals surface area contributed by atoms with Gasteiger partial charge >= 0.3 is 0 Å². The maximum absolute atomic E-state index is 12.7. The Morgan fingerprint density at radius 2 is 1.82 bits per heavy atom. The molecule has 0 atom stereocenters. The van der Waals surface area contributed by atoms with E-state index in [4.69, 9.17) is 18.9 Å². The minimum atomic E-state index is -0.522. The number of hydrogen-bond donors (Lipinski definition) is 1. The molecule has 1 amide bonds. The third kappa shape index (κ3) is 3.59. The molecule has 4 rings (SSSR count). The van der Waals surface area contributed by atoms with Gasteiger partial charge in [-0.3, -0.25) is 4.79 Å². The van der Waals surface area contributed by atoms with E-state index in [1.54, 1.807) is 25.3 Å². The molecule has 1 N–H and O–H groups in total. The lowest BCUT2D eigenvalue weighted by atomic mass is 9.94. The number of methoxy groups -OCH3 is 1. The monoisotopic (exact) mass is 383 g/mol. The van der Waals surface area contributed by atoms with Gasteiger partial charge in [0, 0.05) is 30.2 Å². The van der Waals surface area contributed by atoms with Crippen LogP contribution in [-0.2, 0) is 0 Å². The van der Waals surface area contributed by atoms with Crippen LogP contribution in [-0.4, -0.2) is 25.4 Å². The lowest BCUT2D eigenvalue weighted by molar-refractivity contribution is -0.105. The molecule has 6 nitrogen and oxygen atoms in total. The lowest BCUT2D eigenvalue weighted by Gasteiger charge is -2.31. The van der Waals surface area contributed by atoms with E-state index in [1.165, 1.54) is 6.42 Å². The second-order valence-corrected chi connectivity index (χ2v) is 7.09. The zero-order chi connectivity index (χ0) is 19.6. The van der Waals surface area contributed by atoms with Crippen LogP contribution in [0.4, 0.5) is 5.69 Å². The second-order valence-electron chi connectivity index (χ2n) is 7.09. The fraction of sp³-hybridized carbons (Fsp3) is 0.409. The molecular formula is C22H25NO5. The Morgan fingerprint density at radius 3 is 2.57 bits per heavy atom. The van der Waals surface area contributed by atoms with Crippen LogP contribution in [0.2, 0.25) is 0 Å². The quantitative estimate of drug-likeness (QED) is 0.805. The van der Waals surface area contributed by atoms with Crippen molar-refractivity contribution in [3.63, 3.8) is 0 Å². The number of ether oxygens (including phenoxy) is 4. The van der Waals surface area contributed by atoms with Crippen molar-refractivity contribution in [2.24, 2.45) is 0 Å². The average Bonchev–Trinajstić information content (AvgIpc) is 3.05. The van der Waals surface area contributed by atoms with E-state index < -0.39 is 5.79 Å². The molecule has 1 aliphatic carbocycles. The highest BCUT2D eigenvalue weighted by Crippen LogP contribution is 2.46. The number of hydrogen-bond acceptors (Lipinski definition) is 5. The summed E-state index contributed by atoms with van der Waals surface area (Å²) in [5, 5.41) is 2.91. The number of nitrogens with one attached hydrogen (secondary N) is 1. The third-order valence-electron chi connectivity index (χ3n) is 5.13. The van der Waals surface area contributed by atoms with E-state index in [0.717, 1.165) is 31.4 Å². The van der Waals surface area contributed by atoms with Gasteiger partial charge < -0.3 is 24.3 Å². The van der Waals surface area contributed by atoms with Gasteiger partial charge in [-0.1, -0.05) is 6.42 Å². The van der Waals surface area contributed by atoms with Gasteiger partial charge in [-0.15, -0.1) is 0 Å². The molecule has 1 saturated carbocycles. The predicted octanol–water partition coefficient (Wildman–Crippen LogP) is 4.78. The maximum Gasteiger partial charge on any atom is 0.255 e. The van der Waals surface area contributed by atoms with E-state index in [-0.39, 0.29) is 5.91 Å². The van der Waals surface area contributed by atoms with Crippen molar-refractivity contribution >= 4 is 11.6 Å². The van der Waals surface area contributed by atoms with Crippen LogP contribution in [0.3, 0.4) is 0 Å². The summed E-state index contributed by atoms with van der Waals surface area (Å²) in [6.07, 6.45) is 5.23. The third-order valence-corrected chi connectivity index (χ3v) is 5.13. The number of carbonyl (C=O) groups is 1. The minimum Gasteiger partial charge on any atom is -0.493 e. The molecule has 2 aromatic carbocycles. The van der Waals surface area contributed by atoms with Crippen LogP contribution in [0.5, 0.6) is 23.0 Å². The number of carbonyl (C=O) groups excluding carboxylic acids is 1. The summed E-state index contributed by atoms with van der Waals surface area (Å²) in [7, 11) is 1.55. The van der Waals surface area contributed by atoms with E-state index >= 15 is 0 Å². The first-order valence-electron chi connectivity index (χ1n) is 9.77. The van der Waals surface area contributed by atoms with Gasteiger partial charge in [0.05, 0.1) is 13.7 Å². The molecule has 0 aromatic heterocycles. The summed E-state index contributed by atoms with van der Waals surface area (Å²) in [5.41, 5.74) is 1.15. The fourth-order valence-corrected chi connectivity index (χ4v) is 3.75. The zero-order valence-electron chi connectivity index (χ0n) is 16.2. The molecule has 1 fully saturated rings. The van der Waals surface area contributed by atoms with Crippen LogP contribution >= 0.6 is 0 Å². The van der Waals surface area contributed by atoms with Crippen molar-refractivity contribution in [1.29, 1.82) is 0 Å². The first kappa shape index (κ1) is 18.5. The smallest absolute Gasteiger partial charge is 0.255 e. The Balaban J connectivity index is 1.48. The number of amides is 1. The standard InChI is InChI=1S/C22H25NO5/c1-3-26-17-9-7-15(13-19(17)25-2)21(24)23-16-8-10-18-20(14-16)28-22(27-18)11-5-4-6-12-22/h7-10,13-14H,3-6,11-12H2,1-2H3,(H,23,24). The highest BCUT2D eigenvalue weighted by molar-refractivity contribution is 6.04. The molecular weight excluding hydrogens is 358 g/mol. The van der Waals surface area contributed by atoms with E-state index in [1.807, 2.05) is 25.1 Å². The SMILES string of the molecule is CCOc1ccc(C(=O)Nc2ccc3c(c2)OC2(CCCCC2)O3)cc1OC. The molecule has 0 saturated heterocycles. The number of rotatable bonds is 5. The molecule has 2 aromatic rings. The highest BCUT2D eigenvalue weighted by atomic mass is 16.7. The highest BCUT2D eigenvalue weighted by Gasteiger charge is 2.42. The second kappa shape index (κ2) is 7.62. The maximum atomic E-state index is 12.7. The van der Waals surface area contributed by atoms with Crippen LogP contribution in [0, 0.1) is 0 Å². The average molecular weight is 383 g/mol. The van der Waals surface area contributed by atoms with Crippen LogP contribution in [0.15, 0.2) is 36.4 Å². The largest absolute Gasteiger partial charge is 0.493 e. The molecule has 148 valence electrons. The van der Waals surface area contributed by atoms with Crippen LogP contribution in [0.25, 0.3) is 0 Å². The first-order valence-corrected chi connectivity index (χ1v) is 9.77. The molecule has 6 heteroatoms. The van der Waals surface area contributed by atoms with E-state index in [2.05, 4.69) is 5.32 Å². The summed E-state index contributed by atoms with van der Waals surface area (Å²) < 4.78 is 23.0. The molecule has 1 aliphatic heterocycles. The van der Waals surface area contributed by atoms with Gasteiger partial charge in [0.2, 0.25) is 0 Å². The molecule has 1 heterocycles. The van der Waals surface area contributed by atoms with Gasteiger partial charge in [-0.05, 0) is 50.1 Å². The van der Waals surface area contributed by atoms with Crippen LogP contribution in [0.1, 0.15) is 49.4 Å². The van der Waals surface area contributed by atoms with Gasteiger partial charge in [0.25, 0.3) is 11.7 Å². The molecule has 28 heavy (non-hydrogen) atoms. The Bertz CT molecular complexity index is 873. The summed E-state index contributed by atoms with van der Waals surface area (Å²) in [5.74, 6) is 1.81. The molecule has 0 radical (unpaired) electrons. The van der Waals surface area contributed by atoms with Crippen molar-refractivity contribution in [3.8, 4) is 23.0 Å². The summed E-state index contributed by atoms with van der Waals surface area (Å²) >= 11 is 0. The van der Waals surface area contributed by atoms with Crippen molar-refractivity contribution < 1.29 is 23.7 Å². The Hall–Kier alpha value is -2.89. The summed E-state index contributed by atoms with van der Waals surface area (Å²) in [4.78, 5) is 12.7. The first-order chi connectivity index (χ1) is 13.6. The molecule has 0 bridgehead atoms. The molecule has 0 unspecified atom stereocenters. The van der Waals surface area contributed by atoms with Crippen molar-refractivity contribution in [3.05, 3.63) is 42.0 Å². The number of benzene rings is 2. The van der Waals surface area contributed by atoms with Crippen molar-refractivity contribution in [2.75, 3.05) is 19.0 Å². The minimum absolute atomic E-state index is 0.229. The van der Waals surface area contributed by atoms with Crippen LogP contribution < -0.4 is 24.3 Å².